The van der Waals surface area contributed by atoms with Crippen LogP contribution >= 0.6 is 0 Å². The van der Waals surface area contributed by atoms with E-state index in [0.29, 0.717) is 6.04 Å². The molecule has 1 unspecified atom stereocenters. The highest BCUT2D eigenvalue weighted by atomic mass is 15.1. The SMILES string of the molecule is CCN(c1ccccc1)C(C)c1ccc(N)cc1. The first-order valence-corrected chi connectivity index (χ1v) is 6.39. The Labute approximate surface area is 109 Å². The molecule has 0 spiro atoms. The predicted octanol–water partition coefficient (Wildman–Crippen LogP) is 3.86. The summed E-state index contributed by atoms with van der Waals surface area (Å²) < 4.78 is 0. The standard InChI is InChI=1S/C16H20N2/c1-3-18(16-7-5-4-6-8-16)13(2)14-9-11-15(17)12-10-14/h4-13H,3,17H2,1-2H3. The van der Waals surface area contributed by atoms with Gasteiger partial charge in [0.1, 0.15) is 0 Å². The van der Waals surface area contributed by atoms with Crippen LogP contribution in [0.2, 0.25) is 0 Å². The zero-order chi connectivity index (χ0) is 13.0. The predicted molar refractivity (Wildman–Crippen MR) is 78.7 cm³/mol. The maximum atomic E-state index is 5.73. The second kappa shape index (κ2) is 5.58. The lowest BCUT2D eigenvalue weighted by atomic mass is 10.1. The van der Waals surface area contributed by atoms with Gasteiger partial charge in [-0.1, -0.05) is 30.3 Å². The first kappa shape index (κ1) is 12.5. The monoisotopic (exact) mass is 240 g/mol. The number of rotatable bonds is 4. The minimum Gasteiger partial charge on any atom is -0.399 e. The summed E-state index contributed by atoms with van der Waals surface area (Å²) in [6.07, 6.45) is 0. The average Bonchev–Trinajstić information content (AvgIpc) is 2.41. The van der Waals surface area contributed by atoms with Gasteiger partial charge >= 0.3 is 0 Å². The molecule has 18 heavy (non-hydrogen) atoms. The Morgan fingerprint density at radius 2 is 1.61 bits per heavy atom. The van der Waals surface area contributed by atoms with Gasteiger partial charge < -0.3 is 10.6 Å². The van der Waals surface area contributed by atoms with Crippen molar-refractivity contribution in [2.45, 2.75) is 19.9 Å². The molecule has 0 saturated carbocycles. The molecule has 0 bridgehead atoms. The number of nitrogens with zero attached hydrogens (tertiary/aromatic N) is 1. The van der Waals surface area contributed by atoms with Crippen LogP contribution in [0.3, 0.4) is 0 Å². The van der Waals surface area contributed by atoms with Gasteiger partial charge in [-0.15, -0.1) is 0 Å². The second-order valence-corrected chi connectivity index (χ2v) is 4.46. The van der Waals surface area contributed by atoms with Crippen molar-refractivity contribution in [3.8, 4) is 0 Å². The molecule has 2 N–H and O–H groups in total. The van der Waals surface area contributed by atoms with E-state index in [0.717, 1.165) is 12.2 Å². The molecule has 2 heteroatoms. The Bertz CT molecular complexity index is 476. The van der Waals surface area contributed by atoms with Crippen molar-refractivity contribution in [1.82, 2.24) is 0 Å². The van der Waals surface area contributed by atoms with E-state index in [2.05, 4.69) is 55.1 Å². The van der Waals surface area contributed by atoms with E-state index in [-0.39, 0.29) is 0 Å². The lowest BCUT2D eigenvalue weighted by Crippen LogP contribution is -2.26. The maximum Gasteiger partial charge on any atom is 0.0514 e. The molecule has 0 aliphatic heterocycles. The highest BCUT2D eigenvalue weighted by Crippen LogP contribution is 2.26. The Morgan fingerprint density at radius 3 is 2.17 bits per heavy atom. The number of anilines is 2. The Hall–Kier alpha value is -1.96. The molecule has 0 saturated heterocycles. The number of hydrogen-bond acceptors (Lipinski definition) is 2. The third kappa shape index (κ3) is 2.65. The van der Waals surface area contributed by atoms with Crippen LogP contribution < -0.4 is 10.6 Å². The zero-order valence-corrected chi connectivity index (χ0v) is 11.0. The minimum atomic E-state index is 0.345. The molecule has 0 aliphatic rings. The van der Waals surface area contributed by atoms with Crippen LogP contribution in [0, 0.1) is 0 Å². The third-order valence-corrected chi connectivity index (χ3v) is 3.31. The smallest absolute Gasteiger partial charge is 0.0514 e. The fourth-order valence-electron chi connectivity index (χ4n) is 2.25. The molecule has 0 fully saturated rings. The highest BCUT2D eigenvalue weighted by Gasteiger charge is 2.14. The van der Waals surface area contributed by atoms with Crippen molar-refractivity contribution < 1.29 is 0 Å². The molecule has 2 aromatic rings. The van der Waals surface area contributed by atoms with Crippen LogP contribution in [0.25, 0.3) is 0 Å². The Kier molecular flexibility index (Phi) is 3.88. The van der Waals surface area contributed by atoms with E-state index < -0.39 is 0 Å². The minimum absolute atomic E-state index is 0.345. The molecular formula is C16H20N2. The number of nitrogens with two attached hydrogens (primary N) is 1. The van der Waals surface area contributed by atoms with Crippen molar-refractivity contribution in [2.24, 2.45) is 0 Å². The van der Waals surface area contributed by atoms with Gasteiger partial charge in [0, 0.05) is 17.9 Å². The number of benzene rings is 2. The molecule has 0 radical (unpaired) electrons. The number of hydrogen-bond donors (Lipinski definition) is 1. The van der Waals surface area contributed by atoms with Gasteiger partial charge in [-0.3, -0.25) is 0 Å². The van der Waals surface area contributed by atoms with Crippen molar-refractivity contribution in [1.29, 1.82) is 0 Å². The average molecular weight is 240 g/mol. The van der Waals surface area contributed by atoms with Gasteiger partial charge in [-0.25, -0.2) is 0 Å². The quantitative estimate of drug-likeness (QED) is 0.822. The van der Waals surface area contributed by atoms with E-state index in [9.17, 15) is 0 Å². The van der Waals surface area contributed by atoms with E-state index in [1.54, 1.807) is 0 Å². The van der Waals surface area contributed by atoms with Gasteiger partial charge in [0.25, 0.3) is 0 Å². The van der Waals surface area contributed by atoms with Gasteiger partial charge in [0.2, 0.25) is 0 Å². The number of nitrogen functional groups attached to an aromatic ring is 1. The van der Waals surface area contributed by atoms with E-state index in [1.165, 1.54) is 11.3 Å². The van der Waals surface area contributed by atoms with Crippen molar-refractivity contribution in [3.05, 3.63) is 60.2 Å². The van der Waals surface area contributed by atoms with Gasteiger partial charge in [-0.2, -0.15) is 0 Å². The van der Waals surface area contributed by atoms with Crippen LogP contribution in [-0.2, 0) is 0 Å². The first-order valence-electron chi connectivity index (χ1n) is 6.39. The van der Waals surface area contributed by atoms with Crippen molar-refractivity contribution >= 4 is 11.4 Å². The lowest BCUT2D eigenvalue weighted by molar-refractivity contribution is 0.690. The summed E-state index contributed by atoms with van der Waals surface area (Å²) in [4.78, 5) is 2.38. The topological polar surface area (TPSA) is 29.3 Å². The summed E-state index contributed by atoms with van der Waals surface area (Å²) >= 11 is 0. The fraction of sp³-hybridized carbons (Fsp3) is 0.250. The van der Waals surface area contributed by atoms with E-state index >= 15 is 0 Å². The van der Waals surface area contributed by atoms with Crippen molar-refractivity contribution in [3.63, 3.8) is 0 Å². The van der Waals surface area contributed by atoms with Crippen LogP contribution in [-0.4, -0.2) is 6.54 Å². The van der Waals surface area contributed by atoms with Gasteiger partial charge in [-0.05, 0) is 43.7 Å². The molecule has 0 aromatic heterocycles. The fourth-order valence-corrected chi connectivity index (χ4v) is 2.25. The molecule has 0 amide bonds. The van der Waals surface area contributed by atoms with E-state index in [4.69, 9.17) is 5.73 Å². The summed E-state index contributed by atoms with van der Waals surface area (Å²) in [6, 6.07) is 19.0. The Morgan fingerprint density at radius 1 is 1.00 bits per heavy atom. The van der Waals surface area contributed by atoms with Crippen LogP contribution in [0.4, 0.5) is 11.4 Å². The van der Waals surface area contributed by atoms with Crippen molar-refractivity contribution in [2.75, 3.05) is 17.2 Å². The van der Waals surface area contributed by atoms with Gasteiger partial charge in [0.05, 0.1) is 6.04 Å². The molecule has 94 valence electrons. The summed E-state index contributed by atoms with van der Waals surface area (Å²) in [5, 5.41) is 0. The highest BCUT2D eigenvalue weighted by molar-refractivity contribution is 5.49. The molecule has 0 heterocycles. The third-order valence-electron chi connectivity index (χ3n) is 3.31. The molecule has 2 rings (SSSR count). The molecular weight excluding hydrogens is 220 g/mol. The first-order chi connectivity index (χ1) is 8.72. The zero-order valence-electron chi connectivity index (χ0n) is 11.0. The molecule has 0 aliphatic carbocycles. The molecule has 2 aromatic carbocycles. The van der Waals surface area contributed by atoms with Crippen LogP contribution in [0.1, 0.15) is 25.5 Å². The van der Waals surface area contributed by atoms with Crippen LogP contribution in [0.15, 0.2) is 54.6 Å². The van der Waals surface area contributed by atoms with E-state index in [1.807, 2.05) is 18.2 Å². The summed E-state index contributed by atoms with van der Waals surface area (Å²) in [5.41, 5.74) is 9.09. The van der Waals surface area contributed by atoms with Crippen LogP contribution in [0.5, 0.6) is 0 Å². The maximum absolute atomic E-state index is 5.73. The summed E-state index contributed by atoms with van der Waals surface area (Å²) in [5.74, 6) is 0. The lowest BCUT2D eigenvalue weighted by Gasteiger charge is -2.30. The second-order valence-electron chi connectivity index (χ2n) is 4.46. The summed E-state index contributed by atoms with van der Waals surface area (Å²) in [7, 11) is 0. The number of para-hydroxylation sites is 1. The normalized spacial score (nSPS) is 12.1. The molecule has 2 nitrogen and oxygen atoms in total. The largest absolute Gasteiger partial charge is 0.399 e. The summed E-state index contributed by atoms with van der Waals surface area (Å²) in [6.45, 7) is 5.39. The van der Waals surface area contributed by atoms with Gasteiger partial charge in [0.15, 0.2) is 0 Å². The molecule has 1 atom stereocenters. The Balaban J connectivity index is 2.25.